The number of para-hydroxylation sites is 1. The van der Waals surface area contributed by atoms with Crippen molar-refractivity contribution in [3.05, 3.63) is 42.7 Å². The summed E-state index contributed by atoms with van der Waals surface area (Å²) in [6, 6.07) is 10.0. The molecule has 0 aromatic heterocycles. The van der Waals surface area contributed by atoms with E-state index in [-0.39, 0.29) is 0 Å². The number of rotatable bonds is 6. The zero-order chi connectivity index (χ0) is 13.6. The van der Waals surface area contributed by atoms with Gasteiger partial charge in [0.1, 0.15) is 12.4 Å². The van der Waals surface area contributed by atoms with E-state index in [1.54, 1.807) is 0 Å². The van der Waals surface area contributed by atoms with Crippen LogP contribution in [0.25, 0.3) is 0 Å². The van der Waals surface area contributed by atoms with Crippen molar-refractivity contribution in [3.8, 4) is 5.75 Å². The van der Waals surface area contributed by atoms with Gasteiger partial charge in [-0.25, -0.2) is 0 Å². The van der Waals surface area contributed by atoms with Crippen molar-refractivity contribution < 1.29 is 4.74 Å². The summed E-state index contributed by atoms with van der Waals surface area (Å²) in [7, 11) is 0. The third kappa shape index (κ3) is 3.67. The molecule has 1 aromatic carbocycles. The maximum absolute atomic E-state index is 5.73. The molecular weight excluding hydrogens is 250 g/mol. The molecule has 0 spiro atoms. The van der Waals surface area contributed by atoms with Gasteiger partial charge < -0.3 is 14.5 Å². The summed E-state index contributed by atoms with van der Waals surface area (Å²) in [5.74, 6) is 0.949. The fraction of sp³-hybridized carbons (Fsp3) is 0.500. The molecule has 108 valence electrons. The lowest BCUT2D eigenvalue weighted by atomic mass is 10.3. The minimum absolute atomic E-state index is 0.728. The van der Waals surface area contributed by atoms with Gasteiger partial charge in [0, 0.05) is 12.4 Å². The number of benzene rings is 1. The van der Waals surface area contributed by atoms with Gasteiger partial charge in [0.25, 0.3) is 0 Å². The van der Waals surface area contributed by atoms with Crippen molar-refractivity contribution in [2.45, 2.75) is 12.8 Å². The number of nitrogens with zero attached hydrogens (tertiary/aromatic N) is 3. The molecule has 2 aliphatic rings. The lowest BCUT2D eigenvalue weighted by molar-refractivity contribution is 0.160. The molecule has 4 heteroatoms. The highest BCUT2D eigenvalue weighted by Gasteiger charge is 2.17. The fourth-order valence-corrected chi connectivity index (χ4v) is 2.73. The van der Waals surface area contributed by atoms with Gasteiger partial charge in [-0.15, -0.1) is 0 Å². The molecule has 4 nitrogen and oxygen atoms in total. The summed E-state index contributed by atoms with van der Waals surface area (Å²) < 4.78 is 5.73. The number of hydrogen-bond acceptors (Lipinski definition) is 4. The van der Waals surface area contributed by atoms with Crippen LogP contribution in [0.5, 0.6) is 5.75 Å². The molecule has 0 amide bonds. The normalized spacial score (nSPS) is 19.0. The van der Waals surface area contributed by atoms with Crippen LogP contribution in [0.3, 0.4) is 0 Å². The SMILES string of the molecule is C1=CN(CN2CCCC2)CN1CCOc1ccccc1. The van der Waals surface area contributed by atoms with E-state index in [0.717, 1.165) is 32.2 Å². The molecule has 0 unspecified atom stereocenters. The summed E-state index contributed by atoms with van der Waals surface area (Å²) >= 11 is 0. The van der Waals surface area contributed by atoms with E-state index < -0.39 is 0 Å². The van der Waals surface area contributed by atoms with Gasteiger partial charge in [-0.05, 0) is 38.1 Å². The Morgan fingerprint density at radius 2 is 1.70 bits per heavy atom. The van der Waals surface area contributed by atoms with Crippen LogP contribution in [0, 0.1) is 0 Å². The van der Waals surface area contributed by atoms with Crippen molar-refractivity contribution in [1.29, 1.82) is 0 Å². The minimum Gasteiger partial charge on any atom is -0.492 e. The maximum Gasteiger partial charge on any atom is 0.119 e. The third-order valence-electron chi connectivity index (χ3n) is 3.82. The Hall–Kier alpha value is -1.68. The summed E-state index contributed by atoms with van der Waals surface area (Å²) in [6.45, 7) is 6.21. The van der Waals surface area contributed by atoms with Crippen LogP contribution in [0.1, 0.15) is 12.8 Å². The Bertz CT molecular complexity index is 429. The van der Waals surface area contributed by atoms with E-state index in [1.165, 1.54) is 25.9 Å². The largest absolute Gasteiger partial charge is 0.492 e. The Kier molecular flexibility index (Phi) is 4.43. The third-order valence-corrected chi connectivity index (χ3v) is 3.82. The number of ether oxygens (including phenoxy) is 1. The molecule has 0 aliphatic carbocycles. The highest BCUT2D eigenvalue weighted by molar-refractivity contribution is 5.20. The Labute approximate surface area is 121 Å². The van der Waals surface area contributed by atoms with Crippen LogP contribution in [0.4, 0.5) is 0 Å². The van der Waals surface area contributed by atoms with E-state index in [4.69, 9.17) is 4.74 Å². The van der Waals surface area contributed by atoms with E-state index in [9.17, 15) is 0 Å². The monoisotopic (exact) mass is 273 g/mol. The molecule has 2 aliphatic heterocycles. The van der Waals surface area contributed by atoms with Gasteiger partial charge in [0.05, 0.1) is 19.9 Å². The molecule has 0 saturated carbocycles. The number of likely N-dealkylation sites (tertiary alicyclic amines) is 1. The first kappa shape index (κ1) is 13.3. The van der Waals surface area contributed by atoms with Crippen molar-refractivity contribution in [2.75, 3.05) is 39.6 Å². The first-order valence-electron chi connectivity index (χ1n) is 7.47. The van der Waals surface area contributed by atoms with Crippen molar-refractivity contribution in [1.82, 2.24) is 14.7 Å². The Morgan fingerprint density at radius 1 is 0.950 bits per heavy atom. The molecule has 0 atom stereocenters. The van der Waals surface area contributed by atoms with Gasteiger partial charge in [-0.1, -0.05) is 18.2 Å². The van der Waals surface area contributed by atoms with Crippen LogP contribution in [0.2, 0.25) is 0 Å². The lowest BCUT2D eigenvalue weighted by Crippen LogP contribution is -2.36. The van der Waals surface area contributed by atoms with Gasteiger partial charge in [0.2, 0.25) is 0 Å². The van der Waals surface area contributed by atoms with Crippen LogP contribution >= 0.6 is 0 Å². The standard InChI is InChI=1S/C16H23N3O/c1-2-6-16(7-3-1)20-13-12-18-10-11-19(15-18)14-17-8-4-5-9-17/h1-3,6-7,10-11H,4-5,8-9,12-15H2. The molecule has 1 aromatic rings. The smallest absolute Gasteiger partial charge is 0.119 e. The fourth-order valence-electron chi connectivity index (χ4n) is 2.73. The number of hydrogen-bond donors (Lipinski definition) is 0. The van der Waals surface area contributed by atoms with Crippen LogP contribution in [0.15, 0.2) is 42.7 Å². The molecule has 0 bridgehead atoms. The average molecular weight is 273 g/mol. The summed E-state index contributed by atoms with van der Waals surface area (Å²) in [5.41, 5.74) is 0. The lowest BCUT2D eigenvalue weighted by Gasteiger charge is -2.25. The molecule has 2 heterocycles. The van der Waals surface area contributed by atoms with Crippen LogP contribution in [-0.2, 0) is 0 Å². The van der Waals surface area contributed by atoms with Gasteiger partial charge in [-0.2, -0.15) is 0 Å². The summed E-state index contributed by atoms with van der Waals surface area (Å²) in [4.78, 5) is 7.20. The summed E-state index contributed by atoms with van der Waals surface area (Å²) in [5, 5.41) is 0. The van der Waals surface area contributed by atoms with Gasteiger partial charge in [0.15, 0.2) is 0 Å². The zero-order valence-corrected chi connectivity index (χ0v) is 11.9. The second kappa shape index (κ2) is 6.66. The van der Waals surface area contributed by atoms with Gasteiger partial charge in [-0.3, -0.25) is 4.90 Å². The summed E-state index contributed by atoms with van der Waals surface area (Å²) in [6.07, 6.45) is 7.07. The zero-order valence-electron chi connectivity index (χ0n) is 11.9. The van der Waals surface area contributed by atoms with Crippen LogP contribution < -0.4 is 4.74 Å². The van der Waals surface area contributed by atoms with Crippen molar-refractivity contribution >= 4 is 0 Å². The van der Waals surface area contributed by atoms with E-state index in [1.807, 2.05) is 30.3 Å². The molecule has 0 N–H and O–H groups in total. The van der Waals surface area contributed by atoms with Gasteiger partial charge >= 0.3 is 0 Å². The van der Waals surface area contributed by atoms with Crippen LogP contribution in [-0.4, -0.2) is 54.3 Å². The topological polar surface area (TPSA) is 19.0 Å². The molecule has 20 heavy (non-hydrogen) atoms. The first-order valence-corrected chi connectivity index (χ1v) is 7.47. The van der Waals surface area contributed by atoms with E-state index >= 15 is 0 Å². The maximum atomic E-state index is 5.73. The predicted molar refractivity (Wildman–Crippen MR) is 80.2 cm³/mol. The molecule has 0 radical (unpaired) electrons. The predicted octanol–water partition coefficient (Wildman–Crippen LogP) is 2.17. The minimum atomic E-state index is 0.728. The first-order chi connectivity index (χ1) is 9.90. The average Bonchev–Trinajstić information content (AvgIpc) is 3.13. The van der Waals surface area contributed by atoms with E-state index in [0.29, 0.717) is 0 Å². The highest BCUT2D eigenvalue weighted by Crippen LogP contribution is 2.13. The van der Waals surface area contributed by atoms with Crippen molar-refractivity contribution in [3.63, 3.8) is 0 Å². The molecule has 1 saturated heterocycles. The molecular formula is C16H23N3O. The highest BCUT2D eigenvalue weighted by atomic mass is 16.5. The molecule has 1 fully saturated rings. The second-order valence-electron chi connectivity index (χ2n) is 5.47. The molecule has 3 rings (SSSR count). The Morgan fingerprint density at radius 3 is 2.50 bits per heavy atom. The van der Waals surface area contributed by atoms with E-state index in [2.05, 4.69) is 27.1 Å². The quantitative estimate of drug-likeness (QED) is 0.790. The van der Waals surface area contributed by atoms with Crippen molar-refractivity contribution in [2.24, 2.45) is 0 Å². The Balaban J connectivity index is 1.35. The second-order valence-corrected chi connectivity index (χ2v) is 5.47.